The third-order valence-corrected chi connectivity index (χ3v) is 2.82. The van der Waals surface area contributed by atoms with E-state index in [-0.39, 0.29) is 0 Å². The number of hydrogen-bond acceptors (Lipinski definition) is 3. The van der Waals surface area contributed by atoms with E-state index in [1.807, 2.05) is 42.5 Å². The van der Waals surface area contributed by atoms with Crippen molar-refractivity contribution >= 4 is 0 Å². The Kier molecular flexibility index (Phi) is 4.31. The molecule has 1 heterocycles. The van der Waals surface area contributed by atoms with Gasteiger partial charge >= 0.3 is 0 Å². The van der Waals surface area contributed by atoms with Gasteiger partial charge in [-0.3, -0.25) is 4.98 Å². The zero-order chi connectivity index (χ0) is 12.8. The fourth-order valence-electron chi connectivity index (χ4n) is 1.96. The van der Waals surface area contributed by atoms with Crippen molar-refractivity contribution in [1.82, 2.24) is 4.98 Å². The number of hydrogen-bond donors (Lipinski definition) is 1. The first kappa shape index (κ1) is 12.6. The molecule has 94 valence electrons. The van der Waals surface area contributed by atoms with Gasteiger partial charge in [-0.05, 0) is 23.8 Å². The zero-order valence-electron chi connectivity index (χ0n) is 10.4. The molecule has 1 aromatic heterocycles. The van der Waals surface area contributed by atoms with Gasteiger partial charge < -0.3 is 9.84 Å². The summed E-state index contributed by atoms with van der Waals surface area (Å²) in [5.74, 6) is 0.817. The maximum Gasteiger partial charge on any atom is 0.122 e. The first-order valence-electron chi connectivity index (χ1n) is 5.99. The van der Waals surface area contributed by atoms with Crippen LogP contribution in [0.25, 0.3) is 0 Å². The lowest BCUT2D eigenvalue weighted by atomic mass is 10.0. The highest BCUT2D eigenvalue weighted by molar-refractivity contribution is 5.33. The lowest BCUT2D eigenvalue weighted by Crippen LogP contribution is -2.15. The number of pyridine rings is 1. The summed E-state index contributed by atoms with van der Waals surface area (Å²) < 4.78 is 5.27. The Bertz CT molecular complexity index is 485. The highest BCUT2D eigenvalue weighted by Crippen LogP contribution is 2.19. The van der Waals surface area contributed by atoms with Crippen LogP contribution in [0.5, 0.6) is 5.75 Å². The Balaban J connectivity index is 2.01. The first-order chi connectivity index (χ1) is 8.79. The van der Waals surface area contributed by atoms with Gasteiger partial charge in [-0.25, -0.2) is 0 Å². The van der Waals surface area contributed by atoms with E-state index in [1.165, 1.54) is 0 Å². The SMILES string of the molecule is COc1ccccc1CC(O)Cc1ccccn1. The smallest absolute Gasteiger partial charge is 0.122 e. The van der Waals surface area contributed by atoms with Crippen LogP contribution in [0.2, 0.25) is 0 Å². The predicted octanol–water partition coefficient (Wildman–Crippen LogP) is 2.24. The number of rotatable bonds is 5. The Morgan fingerprint density at radius 1 is 1.11 bits per heavy atom. The highest BCUT2D eigenvalue weighted by Gasteiger charge is 2.10. The van der Waals surface area contributed by atoms with E-state index in [0.717, 1.165) is 17.0 Å². The van der Waals surface area contributed by atoms with E-state index < -0.39 is 6.10 Å². The van der Waals surface area contributed by atoms with Gasteiger partial charge in [0.15, 0.2) is 0 Å². The van der Waals surface area contributed by atoms with Crippen molar-refractivity contribution in [3.63, 3.8) is 0 Å². The molecule has 3 nitrogen and oxygen atoms in total. The number of aliphatic hydroxyl groups excluding tert-OH is 1. The Morgan fingerprint density at radius 3 is 2.61 bits per heavy atom. The van der Waals surface area contributed by atoms with Crippen molar-refractivity contribution in [2.24, 2.45) is 0 Å². The lowest BCUT2D eigenvalue weighted by molar-refractivity contribution is 0.173. The van der Waals surface area contributed by atoms with Gasteiger partial charge in [-0.2, -0.15) is 0 Å². The van der Waals surface area contributed by atoms with Crippen LogP contribution in [0.4, 0.5) is 0 Å². The number of aliphatic hydroxyl groups is 1. The van der Waals surface area contributed by atoms with E-state index >= 15 is 0 Å². The monoisotopic (exact) mass is 243 g/mol. The van der Waals surface area contributed by atoms with Crippen LogP contribution < -0.4 is 4.74 Å². The average Bonchev–Trinajstić information content (AvgIpc) is 2.40. The van der Waals surface area contributed by atoms with Gasteiger partial charge in [-0.1, -0.05) is 24.3 Å². The molecule has 0 aliphatic carbocycles. The molecular weight excluding hydrogens is 226 g/mol. The zero-order valence-corrected chi connectivity index (χ0v) is 10.4. The standard InChI is InChI=1S/C15H17NO2/c1-18-15-8-3-2-6-12(15)10-14(17)11-13-7-4-5-9-16-13/h2-9,14,17H,10-11H2,1H3. The third kappa shape index (κ3) is 3.31. The average molecular weight is 243 g/mol. The molecule has 0 amide bonds. The van der Waals surface area contributed by atoms with Crippen molar-refractivity contribution in [3.05, 3.63) is 59.9 Å². The molecule has 0 aliphatic heterocycles. The van der Waals surface area contributed by atoms with E-state index in [0.29, 0.717) is 12.8 Å². The number of para-hydroxylation sites is 1. The molecule has 1 aromatic carbocycles. The Morgan fingerprint density at radius 2 is 1.89 bits per heavy atom. The summed E-state index contributed by atoms with van der Waals surface area (Å²) in [6.45, 7) is 0. The third-order valence-electron chi connectivity index (χ3n) is 2.82. The van der Waals surface area contributed by atoms with E-state index in [2.05, 4.69) is 4.98 Å². The summed E-state index contributed by atoms with van der Waals surface area (Å²) in [6, 6.07) is 13.5. The van der Waals surface area contributed by atoms with Gasteiger partial charge in [0.2, 0.25) is 0 Å². The fourth-order valence-corrected chi connectivity index (χ4v) is 1.96. The Labute approximate surface area is 107 Å². The van der Waals surface area contributed by atoms with Crippen molar-refractivity contribution in [3.8, 4) is 5.75 Å². The summed E-state index contributed by atoms with van der Waals surface area (Å²) in [4.78, 5) is 4.21. The van der Waals surface area contributed by atoms with Crippen LogP contribution in [0.15, 0.2) is 48.7 Å². The van der Waals surface area contributed by atoms with Gasteiger partial charge in [0.1, 0.15) is 5.75 Å². The van der Waals surface area contributed by atoms with Gasteiger partial charge in [0.25, 0.3) is 0 Å². The first-order valence-corrected chi connectivity index (χ1v) is 5.99. The summed E-state index contributed by atoms with van der Waals surface area (Å²) in [5, 5.41) is 10.1. The minimum Gasteiger partial charge on any atom is -0.496 e. The molecule has 0 radical (unpaired) electrons. The number of nitrogens with zero attached hydrogens (tertiary/aromatic N) is 1. The van der Waals surface area contributed by atoms with Crippen molar-refractivity contribution < 1.29 is 9.84 Å². The summed E-state index contributed by atoms with van der Waals surface area (Å²) >= 11 is 0. The number of methoxy groups -OCH3 is 1. The molecule has 0 saturated heterocycles. The molecule has 1 N–H and O–H groups in total. The van der Waals surface area contributed by atoms with Crippen LogP contribution >= 0.6 is 0 Å². The van der Waals surface area contributed by atoms with E-state index in [9.17, 15) is 5.11 Å². The van der Waals surface area contributed by atoms with Crippen LogP contribution in [0, 0.1) is 0 Å². The second-order valence-electron chi connectivity index (χ2n) is 4.19. The number of aromatic nitrogens is 1. The quantitative estimate of drug-likeness (QED) is 0.875. The number of ether oxygens (including phenoxy) is 1. The van der Waals surface area contributed by atoms with E-state index in [1.54, 1.807) is 13.3 Å². The molecule has 1 atom stereocenters. The molecule has 0 saturated carbocycles. The van der Waals surface area contributed by atoms with Crippen molar-refractivity contribution in [2.45, 2.75) is 18.9 Å². The van der Waals surface area contributed by atoms with Crippen molar-refractivity contribution in [1.29, 1.82) is 0 Å². The molecule has 0 fully saturated rings. The molecule has 1 unspecified atom stereocenters. The topological polar surface area (TPSA) is 42.4 Å². The maximum atomic E-state index is 10.1. The number of benzene rings is 1. The molecule has 18 heavy (non-hydrogen) atoms. The molecule has 0 bridgehead atoms. The molecular formula is C15H17NO2. The van der Waals surface area contributed by atoms with E-state index in [4.69, 9.17) is 4.74 Å². The van der Waals surface area contributed by atoms with Gasteiger partial charge in [0, 0.05) is 24.7 Å². The second kappa shape index (κ2) is 6.17. The summed E-state index contributed by atoms with van der Waals surface area (Å²) in [7, 11) is 1.64. The molecule has 2 aromatic rings. The minimum atomic E-state index is -0.448. The van der Waals surface area contributed by atoms with Crippen LogP contribution in [0.1, 0.15) is 11.3 Å². The van der Waals surface area contributed by atoms with Crippen LogP contribution in [0.3, 0.4) is 0 Å². The highest BCUT2D eigenvalue weighted by atomic mass is 16.5. The summed E-state index contributed by atoms with van der Waals surface area (Å²) in [6.07, 6.45) is 2.42. The second-order valence-corrected chi connectivity index (χ2v) is 4.19. The van der Waals surface area contributed by atoms with Crippen molar-refractivity contribution in [2.75, 3.05) is 7.11 Å². The molecule has 0 spiro atoms. The van der Waals surface area contributed by atoms with Gasteiger partial charge in [0.05, 0.1) is 13.2 Å². The molecule has 2 rings (SSSR count). The van der Waals surface area contributed by atoms with Crippen LogP contribution in [-0.2, 0) is 12.8 Å². The summed E-state index contributed by atoms with van der Waals surface area (Å²) in [5.41, 5.74) is 1.92. The van der Waals surface area contributed by atoms with Gasteiger partial charge in [-0.15, -0.1) is 0 Å². The largest absolute Gasteiger partial charge is 0.496 e. The lowest BCUT2D eigenvalue weighted by Gasteiger charge is -2.12. The Hall–Kier alpha value is -1.87. The predicted molar refractivity (Wildman–Crippen MR) is 70.6 cm³/mol. The molecule has 0 aliphatic rings. The van der Waals surface area contributed by atoms with Crippen LogP contribution in [-0.4, -0.2) is 23.3 Å². The molecule has 3 heteroatoms. The maximum absolute atomic E-state index is 10.1. The minimum absolute atomic E-state index is 0.448. The fraction of sp³-hybridized carbons (Fsp3) is 0.267. The normalized spacial score (nSPS) is 12.1.